The number of aromatic nitrogens is 1. The molecule has 7 heteroatoms. The molecule has 0 saturated heterocycles. The summed E-state index contributed by atoms with van der Waals surface area (Å²) >= 11 is 0. The Hall–Kier alpha value is -2.44. The molecule has 0 unspecified atom stereocenters. The summed E-state index contributed by atoms with van der Waals surface area (Å²) in [7, 11) is 0. The number of carbonyl (C=O) groups excluding carboxylic acids is 3. The number of amides is 3. The second-order valence-corrected chi connectivity index (χ2v) is 5.44. The Kier molecular flexibility index (Phi) is 7.73. The van der Waals surface area contributed by atoms with Gasteiger partial charge in [-0.15, -0.1) is 0 Å². The highest BCUT2D eigenvalue weighted by Gasteiger charge is 2.19. The van der Waals surface area contributed by atoms with Gasteiger partial charge in [-0.2, -0.15) is 0 Å². The Bertz CT molecular complexity index is 531. The molecule has 126 valence electrons. The number of rotatable bonds is 8. The molecule has 1 atom stereocenters. The van der Waals surface area contributed by atoms with Crippen molar-refractivity contribution in [1.82, 2.24) is 20.9 Å². The third-order valence-corrected chi connectivity index (χ3v) is 3.09. The summed E-state index contributed by atoms with van der Waals surface area (Å²) < 4.78 is 0. The fraction of sp³-hybridized carbons (Fsp3) is 0.500. The van der Waals surface area contributed by atoms with Gasteiger partial charge in [-0.05, 0) is 19.1 Å². The first-order chi connectivity index (χ1) is 10.9. The molecule has 1 heterocycles. The predicted octanol–water partition coefficient (Wildman–Crippen LogP) is 0.478. The van der Waals surface area contributed by atoms with Crippen molar-refractivity contribution in [3.8, 4) is 0 Å². The van der Waals surface area contributed by atoms with Crippen LogP contribution in [0.2, 0.25) is 0 Å². The molecule has 1 aromatic heterocycles. The quantitative estimate of drug-likeness (QED) is 0.648. The van der Waals surface area contributed by atoms with E-state index in [-0.39, 0.29) is 42.3 Å². The average Bonchev–Trinajstić information content (AvgIpc) is 2.53. The maximum absolute atomic E-state index is 12.2. The molecule has 0 aliphatic heterocycles. The molecule has 0 saturated carbocycles. The van der Waals surface area contributed by atoms with Gasteiger partial charge in [-0.1, -0.05) is 19.9 Å². The minimum atomic E-state index is -0.501. The number of pyridine rings is 1. The number of nitrogens with zero attached hydrogens (tertiary/aromatic N) is 1. The van der Waals surface area contributed by atoms with E-state index in [9.17, 15) is 14.4 Å². The highest BCUT2D eigenvalue weighted by Crippen LogP contribution is 1.99. The van der Waals surface area contributed by atoms with Crippen LogP contribution >= 0.6 is 0 Å². The van der Waals surface area contributed by atoms with Gasteiger partial charge in [0, 0.05) is 31.6 Å². The molecular weight excluding hydrogens is 296 g/mol. The molecular formula is C16H24N4O3. The topological polar surface area (TPSA) is 100 Å². The van der Waals surface area contributed by atoms with Gasteiger partial charge in [-0.3, -0.25) is 19.4 Å². The molecule has 1 aromatic rings. The highest BCUT2D eigenvalue weighted by molar-refractivity contribution is 5.92. The van der Waals surface area contributed by atoms with Crippen LogP contribution in [0.25, 0.3) is 0 Å². The SMILES string of the molecule is CCNC(=O)C[C@@H](CNC(=O)C(C)C)NC(=O)c1ccccn1. The summed E-state index contributed by atoms with van der Waals surface area (Å²) in [6.45, 7) is 6.08. The maximum Gasteiger partial charge on any atom is 0.270 e. The molecule has 3 N–H and O–H groups in total. The summed E-state index contributed by atoms with van der Waals surface area (Å²) in [6, 6.07) is 4.51. The third kappa shape index (κ3) is 6.90. The zero-order chi connectivity index (χ0) is 17.2. The van der Waals surface area contributed by atoms with Gasteiger partial charge in [0.1, 0.15) is 5.69 Å². The smallest absolute Gasteiger partial charge is 0.270 e. The largest absolute Gasteiger partial charge is 0.356 e. The monoisotopic (exact) mass is 320 g/mol. The van der Waals surface area contributed by atoms with Crippen molar-refractivity contribution in [2.45, 2.75) is 33.2 Å². The lowest BCUT2D eigenvalue weighted by atomic mass is 10.1. The van der Waals surface area contributed by atoms with Crippen LogP contribution in [0.3, 0.4) is 0 Å². The number of hydrogen-bond donors (Lipinski definition) is 3. The lowest BCUT2D eigenvalue weighted by molar-refractivity contribution is -0.125. The van der Waals surface area contributed by atoms with Crippen LogP contribution in [0.4, 0.5) is 0 Å². The Morgan fingerprint density at radius 2 is 1.91 bits per heavy atom. The molecule has 0 aliphatic rings. The summed E-state index contributed by atoms with van der Waals surface area (Å²) in [4.78, 5) is 39.6. The van der Waals surface area contributed by atoms with Gasteiger partial charge >= 0.3 is 0 Å². The molecule has 0 spiro atoms. The minimum absolute atomic E-state index is 0.0881. The fourth-order valence-corrected chi connectivity index (χ4v) is 1.85. The van der Waals surface area contributed by atoms with Crippen molar-refractivity contribution >= 4 is 17.7 Å². The van der Waals surface area contributed by atoms with Crippen LogP contribution in [-0.2, 0) is 9.59 Å². The molecule has 0 radical (unpaired) electrons. The molecule has 0 aliphatic carbocycles. The Morgan fingerprint density at radius 1 is 1.17 bits per heavy atom. The highest BCUT2D eigenvalue weighted by atomic mass is 16.2. The van der Waals surface area contributed by atoms with Gasteiger partial charge in [-0.25, -0.2) is 0 Å². The van der Waals surface area contributed by atoms with Crippen LogP contribution in [0, 0.1) is 5.92 Å². The third-order valence-electron chi connectivity index (χ3n) is 3.09. The predicted molar refractivity (Wildman–Crippen MR) is 86.6 cm³/mol. The Morgan fingerprint density at radius 3 is 2.48 bits per heavy atom. The Balaban J connectivity index is 2.68. The van der Waals surface area contributed by atoms with E-state index in [0.717, 1.165) is 0 Å². The van der Waals surface area contributed by atoms with E-state index in [0.29, 0.717) is 6.54 Å². The van der Waals surface area contributed by atoms with Gasteiger partial charge in [0.25, 0.3) is 5.91 Å². The molecule has 0 bridgehead atoms. The lowest BCUT2D eigenvalue weighted by Crippen LogP contribution is -2.47. The zero-order valence-electron chi connectivity index (χ0n) is 13.8. The fourth-order valence-electron chi connectivity index (χ4n) is 1.85. The van der Waals surface area contributed by atoms with Crippen molar-refractivity contribution in [2.24, 2.45) is 5.92 Å². The summed E-state index contributed by atoms with van der Waals surface area (Å²) in [5.74, 6) is -0.846. The van der Waals surface area contributed by atoms with Gasteiger partial charge in [0.2, 0.25) is 11.8 Å². The molecule has 23 heavy (non-hydrogen) atoms. The summed E-state index contributed by atoms with van der Waals surface area (Å²) in [5.41, 5.74) is 0.267. The molecule has 1 rings (SSSR count). The van der Waals surface area contributed by atoms with Crippen LogP contribution in [-0.4, -0.2) is 41.8 Å². The van der Waals surface area contributed by atoms with E-state index in [1.165, 1.54) is 6.20 Å². The van der Waals surface area contributed by atoms with Gasteiger partial charge < -0.3 is 16.0 Å². The van der Waals surface area contributed by atoms with Crippen LogP contribution in [0.1, 0.15) is 37.7 Å². The molecule has 0 aromatic carbocycles. The van der Waals surface area contributed by atoms with Crippen molar-refractivity contribution in [2.75, 3.05) is 13.1 Å². The van der Waals surface area contributed by atoms with E-state index in [2.05, 4.69) is 20.9 Å². The van der Waals surface area contributed by atoms with Crippen molar-refractivity contribution < 1.29 is 14.4 Å². The van der Waals surface area contributed by atoms with E-state index < -0.39 is 6.04 Å². The summed E-state index contributed by atoms with van der Waals surface area (Å²) in [6.07, 6.45) is 1.61. The minimum Gasteiger partial charge on any atom is -0.356 e. The van der Waals surface area contributed by atoms with E-state index in [4.69, 9.17) is 0 Å². The summed E-state index contributed by atoms with van der Waals surface area (Å²) in [5, 5.41) is 8.15. The second-order valence-electron chi connectivity index (χ2n) is 5.44. The average molecular weight is 320 g/mol. The normalized spacial score (nSPS) is 11.7. The second kappa shape index (κ2) is 9.55. The first kappa shape index (κ1) is 18.6. The van der Waals surface area contributed by atoms with Crippen LogP contribution < -0.4 is 16.0 Å². The van der Waals surface area contributed by atoms with Crippen molar-refractivity contribution in [3.05, 3.63) is 30.1 Å². The Labute approximate surface area is 136 Å². The van der Waals surface area contributed by atoms with E-state index in [1.54, 1.807) is 32.0 Å². The molecule has 7 nitrogen and oxygen atoms in total. The lowest BCUT2D eigenvalue weighted by Gasteiger charge is -2.19. The van der Waals surface area contributed by atoms with Gasteiger partial charge in [0.15, 0.2) is 0 Å². The molecule has 0 fully saturated rings. The number of hydrogen-bond acceptors (Lipinski definition) is 4. The van der Waals surface area contributed by atoms with E-state index >= 15 is 0 Å². The van der Waals surface area contributed by atoms with Crippen molar-refractivity contribution in [3.63, 3.8) is 0 Å². The van der Waals surface area contributed by atoms with Crippen LogP contribution in [0.5, 0.6) is 0 Å². The van der Waals surface area contributed by atoms with E-state index in [1.807, 2.05) is 6.92 Å². The zero-order valence-corrected chi connectivity index (χ0v) is 13.8. The number of nitrogens with one attached hydrogen (secondary N) is 3. The number of carbonyl (C=O) groups is 3. The molecule has 3 amide bonds. The first-order valence-electron chi connectivity index (χ1n) is 7.70. The van der Waals surface area contributed by atoms with Gasteiger partial charge in [0.05, 0.1) is 6.04 Å². The first-order valence-corrected chi connectivity index (χ1v) is 7.70. The van der Waals surface area contributed by atoms with Crippen molar-refractivity contribution in [1.29, 1.82) is 0 Å². The standard InChI is InChI=1S/C16H24N4O3/c1-4-17-14(21)9-12(10-19-15(22)11(2)3)20-16(23)13-7-5-6-8-18-13/h5-8,11-12H,4,9-10H2,1-3H3,(H,17,21)(H,19,22)(H,20,23)/t12-/m0/s1. The van der Waals surface area contributed by atoms with Crippen LogP contribution in [0.15, 0.2) is 24.4 Å². The maximum atomic E-state index is 12.2.